The van der Waals surface area contributed by atoms with E-state index in [9.17, 15) is 14.4 Å². The molecule has 10 nitrogen and oxygen atoms in total. The Morgan fingerprint density at radius 2 is 1.92 bits per heavy atom. The molecular formula is C26H31ClN6O4S. The highest BCUT2D eigenvalue weighted by atomic mass is 35.5. The number of amides is 3. The lowest BCUT2D eigenvalue weighted by Crippen LogP contribution is -2.56. The van der Waals surface area contributed by atoms with E-state index in [1.807, 2.05) is 6.07 Å². The predicted molar refractivity (Wildman–Crippen MR) is 146 cm³/mol. The van der Waals surface area contributed by atoms with E-state index >= 15 is 0 Å². The summed E-state index contributed by atoms with van der Waals surface area (Å²) < 4.78 is 5.92. The maximum atomic E-state index is 13.2. The van der Waals surface area contributed by atoms with Crippen molar-refractivity contribution in [1.82, 2.24) is 30.8 Å². The Bertz CT molecular complexity index is 1330. The van der Waals surface area contributed by atoms with Crippen LogP contribution in [0.5, 0.6) is 5.06 Å². The minimum Gasteiger partial charge on any atom is -0.478 e. The van der Waals surface area contributed by atoms with Crippen LogP contribution in [0.15, 0.2) is 30.5 Å². The van der Waals surface area contributed by atoms with Crippen molar-refractivity contribution in [3.63, 3.8) is 0 Å². The number of ether oxygens (including phenoxy) is 1. The topological polar surface area (TPSA) is 128 Å². The average Bonchev–Trinajstić information content (AvgIpc) is 3.66. The molecule has 4 N–H and O–H groups in total. The van der Waals surface area contributed by atoms with Gasteiger partial charge in [0.2, 0.25) is 5.91 Å². The first-order chi connectivity index (χ1) is 18.3. The molecule has 0 bridgehead atoms. The molecule has 1 aliphatic heterocycles. The molecule has 3 amide bonds. The van der Waals surface area contributed by atoms with E-state index in [-0.39, 0.29) is 40.8 Å². The third kappa shape index (κ3) is 5.95. The fourth-order valence-electron chi connectivity index (χ4n) is 5.11. The number of nitrogens with one attached hydrogen (secondary N) is 4. The summed E-state index contributed by atoms with van der Waals surface area (Å²) in [4.78, 5) is 48.0. The number of fused-ring (bicyclic) bond motifs is 1. The molecule has 3 heterocycles. The van der Waals surface area contributed by atoms with Crippen molar-refractivity contribution < 1.29 is 19.1 Å². The largest absolute Gasteiger partial charge is 0.478 e. The number of rotatable bonds is 7. The first-order valence-electron chi connectivity index (χ1n) is 12.7. The number of carbonyl (C=O) groups is 3. The van der Waals surface area contributed by atoms with Gasteiger partial charge < -0.3 is 30.6 Å². The van der Waals surface area contributed by atoms with E-state index in [1.165, 1.54) is 11.3 Å². The number of carbonyl (C=O) groups excluding carboxylic acids is 3. The molecule has 2 aliphatic rings. The van der Waals surface area contributed by atoms with Crippen LogP contribution in [0.4, 0.5) is 0 Å². The van der Waals surface area contributed by atoms with E-state index in [2.05, 4.69) is 25.9 Å². The van der Waals surface area contributed by atoms with Gasteiger partial charge >= 0.3 is 0 Å². The van der Waals surface area contributed by atoms with Crippen molar-refractivity contribution in [3.8, 4) is 5.06 Å². The van der Waals surface area contributed by atoms with Gasteiger partial charge in [-0.25, -0.2) is 4.98 Å². The molecule has 0 spiro atoms. The number of aromatic nitrogens is 2. The van der Waals surface area contributed by atoms with E-state index in [4.69, 9.17) is 16.3 Å². The second-order valence-electron chi connectivity index (χ2n) is 10.0. The zero-order chi connectivity index (χ0) is 26.8. The number of thiazole rings is 1. The van der Waals surface area contributed by atoms with Gasteiger partial charge in [-0.05, 0) is 56.5 Å². The minimum atomic E-state index is -0.444. The molecule has 5 rings (SSSR count). The van der Waals surface area contributed by atoms with Gasteiger partial charge in [0, 0.05) is 48.5 Å². The van der Waals surface area contributed by atoms with Crippen LogP contribution in [0.1, 0.15) is 46.0 Å². The number of nitrogens with zero attached hydrogens (tertiary/aromatic N) is 2. The highest BCUT2D eigenvalue weighted by Gasteiger charge is 2.37. The van der Waals surface area contributed by atoms with E-state index in [1.54, 1.807) is 43.4 Å². The van der Waals surface area contributed by atoms with E-state index in [0.29, 0.717) is 35.0 Å². The standard InChI is InChI=1S/C26H31ClN6O4S/c1-33(2)26(36)14-3-5-19(31-23(34)21-11-15-9-16(27)4-6-18(15)30-21)20(10-14)32-24(35)25-29-13-22(38-25)37-17-7-8-28-12-17/h4,6,9,11,13-14,17,19-20,28,30H,3,5,7-8,10,12H2,1-2H3,(H,31,34)(H,32,35). The smallest absolute Gasteiger partial charge is 0.280 e. The summed E-state index contributed by atoms with van der Waals surface area (Å²) in [6, 6.07) is 6.33. The Morgan fingerprint density at radius 1 is 1.11 bits per heavy atom. The van der Waals surface area contributed by atoms with Crippen LogP contribution in [-0.4, -0.2) is 78.0 Å². The first kappa shape index (κ1) is 26.5. The molecule has 3 aromatic rings. The van der Waals surface area contributed by atoms with E-state index in [0.717, 1.165) is 30.4 Å². The normalized spacial score (nSPS) is 23.2. The van der Waals surface area contributed by atoms with Crippen molar-refractivity contribution in [2.75, 3.05) is 27.2 Å². The van der Waals surface area contributed by atoms with Gasteiger partial charge in [-0.3, -0.25) is 14.4 Å². The number of benzene rings is 1. The van der Waals surface area contributed by atoms with Crippen LogP contribution >= 0.6 is 22.9 Å². The molecule has 1 saturated carbocycles. The second kappa shape index (κ2) is 11.3. The van der Waals surface area contributed by atoms with Crippen LogP contribution in [0, 0.1) is 5.92 Å². The lowest BCUT2D eigenvalue weighted by Gasteiger charge is -2.37. The number of H-pyrrole nitrogens is 1. The summed E-state index contributed by atoms with van der Waals surface area (Å²) in [7, 11) is 3.45. The van der Waals surface area contributed by atoms with Crippen molar-refractivity contribution in [2.24, 2.45) is 5.92 Å². The van der Waals surface area contributed by atoms with Gasteiger partial charge in [-0.1, -0.05) is 22.9 Å². The molecule has 4 atom stereocenters. The Balaban J connectivity index is 1.29. The summed E-state index contributed by atoms with van der Waals surface area (Å²) in [5, 5.41) is 11.7. The molecule has 0 radical (unpaired) electrons. The SMILES string of the molecule is CN(C)C(=O)C1CCC(NC(=O)c2cc3cc(Cl)ccc3[nH]2)C(NC(=O)c2ncc(OC3CCNC3)s2)C1. The van der Waals surface area contributed by atoms with Crippen LogP contribution in [0.25, 0.3) is 10.9 Å². The summed E-state index contributed by atoms with van der Waals surface area (Å²) in [5.41, 5.74) is 1.21. The number of hydrogen-bond acceptors (Lipinski definition) is 7. The zero-order valence-corrected chi connectivity index (χ0v) is 22.8. The minimum absolute atomic E-state index is 0.0108. The van der Waals surface area contributed by atoms with Crippen LogP contribution in [0.3, 0.4) is 0 Å². The van der Waals surface area contributed by atoms with Gasteiger partial charge in [0.15, 0.2) is 10.1 Å². The Morgan fingerprint density at radius 3 is 2.68 bits per heavy atom. The fraction of sp³-hybridized carbons (Fsp3) is 0.462. The second-order valence-corrected chi connectivity index (χ2v) is 11.5. The van der Waals surface area contributed by atoms with Gasteiger partial charge in [-0.15, -0.1) is 0 Å². The highest BCUT2D eigenvalue weighted by molar-refractivity contribution is 7.15. The van der Waals surface area contributed by atoms with Crippen LogP contribution in [-0.2, 0) is 4.79 Å². The molecule has 1 aliphatic carbocycles. The molecule has 38 heavy (non-hydrogen) atoms. The molecule has 2 fully saturated rings. The number of hydrogen-bond donors (Lipinski definition) is 4. The fourth-order valence-corrected chi connectivity index (χ4v) is 6.02. The number of aromatic amines is 1. The van der Waals surface area contributed by atoms with Crippen molar-refractivity contribution in [2.45, 2.75) is 43.9 Å². The Hall–Kier alpha value is -3.15. The monoisotopic (exact) mass is 558 g/mol. The molecular weight excluding hydrogens is 528 g/mol. The van der Waals surface area contributed by atoms with Crippen LogP contribution < -0.4 is 20.7 Å². The van der Waals surface area contributed by atoms with Gasteiger partial charge in [-0.2, -0.15) is 0 Å². The van der Waals surface area contributed by atoms with Crippen molar-refractivity contribution in [3.05, 3.63) is 46.2 Å². The average molecular weight is 559 g/mol. The molecule has 12 heteroatoms. The lowest BCUT2D eigenvalue weighted by molar-refractivity contribution is -0.134. The molecule has 4 unspecified atom stereocenters. The number of halogens is 1. The predicted octanol–water partition coefficient (Wildman–Crippen LogP) is 2.80. The van der Waals surface area contributed by atoms with E-state index < -0.39 is 6.04 Å². The first-order valence-corrected chi connectivity index (χ1v) is 13.9. The van der Waals surface area contributed by atoms with Gasteiger partial charge in [0.25, 0.3) is 11.8 Å². The maximum absolute atomic E-state index is 13.2. The zero-order valence-electron chi connectivity index (χ0n) is 21.3. The summed E-state index contributed by atoms with van der Waals surface area (Å²) in [6.07, 6.45) is 4.13. The summed E-state index contributed by atoms with van der Waals surface area (Å²) >= 11 is 7.28. The third-order valence-electron chi connectivity index (χ3n) is 7.08. The van der Waals surface area contributed by atoms with Crippen molar-refractivity contribution >= 4 is 51.6 Å². The Labute approximate surface area is 229 Å². The van der Waals surface area contributed by atoms with Gasteiger partial charge in [0.05, 0.1) is 12.2 Å². The molecule has 202 valence electrons. The quantitative estimate of drug-likeness (QED) is 0.353. The van der Waals surface area contributed by atoms with Crippen molar-refractivity contribution in [1.29, 1.82) is 0 Å². The lowest BCUT2D eigenvalue weighted by atomic mass is 9.81. The third-order valence-corrected chi connectivity index (χ3v) is 8.20. The summed E-state index contributed by atoms with van der Waals surface area (Å²) in [6.45, 7) is 1.68. The molecule has 1 saturated heterocycles. The Kier molecular flexibility index (Phi) is 7.87. The molecule has 2 aromatic heterocycles. The molecule has 1 aromatic carbocycles. The summed E-state index contributed by atoms with van der Waals surface area (Å²) in [5.74, 6) is -0.869. The van der Waals surface area contributed by atoms with Gasteiger partial charge in [0.1, 0.15) is 11.8 Å². The highest BCUT2D eigenvalue weighted by Crippen LogP contribution is 2.29. The maximum Gasteiger partial charge on any atom is 0.280 e. The van der Waals surface area contributed by atoms with Crippen LogP contribution in [0.2, 0.25) is 5.02 Å².